The molecule has 558 valence electrons. The monoisotopic (exact) mass is 1400 g/mol. The van der Waals surface area contributed by atoms with Crippen LogP contribution in [0.15, 0.2) is 72.9 Å². The number of rotatable bonds is 72. The van der Waals surface area contributed by atoms with E-state index in [0.29, 0.717) is 25.7 Å². The first-order chi connectivity index (χ1) is 46.7. The molecule has 5 unspecified atom stereocenters. The molecule has 0 saturated heterocycles. The fraction of sp³-hybridized carbons (Fsp3) is 0.792. The molecule has 0 aromatic rings. The van der Waals surface area contributed by atoms with E-state index in [2.05, 4.69) is 101 Å². The molecule has 0 heterocycles. The topological polar surface area (TPSA) is 237 Å². The van der Waals surface area contributed by atoms with E-state index < -0.39 is 97.5 Å². The van der Waals surface area contributed by atoms with Crippen molar-refractivity contribution in [3.63, 3.8) is 0 Å². The highest BCUT2D eigenvalue weighted by atomic mass is 31.2. The Kier molecular flexibility index (Phi) is 67.4. The van der Waals surface area contributed by atoms with E-state index in [0.717, 1.165) is 148 Å². The minimum absolute atomic E-state index is 0.0812. The van der Waals surface area contributed by atoms with Gasteiger partial charge in [-0.05, 0) is 109 Å². The highest BCUT2D eigenvalue weighted by Gasteiger charge is 2.30. The third kappa shape index (κ3) is 69.0. The third-order valence-corrected chi connectivity index (χ3v) is 18.1. The van der Waals surface area contributed by atoms with Gasteiger partial charge in [-0.3, -0.25) is 37.3 Å². The zero-order chi connectivity index (χ0) is 70.4. The van der Waals surface area contributed by atoms with Gasteiger partial charge in [0.15, 0.2) is 12.2 Å². The second kappa shape index (κ2) is 70.0. The lowest BCUT2D eigenvalue weighted by molar-refractivity contribution is -0.161. The molecule has 3 N–H and O–H groups in total. The highest BCUT2D eigenvalue weighted by Crippen LogP contribution is 2.45. The lowest BCUT2D eigenvalue weighted by atomic mass is 10.0. The Morgan fingerprint density at radius 2 is 0.552 bits per heavy atom. The summed E-state index contributed by atoms with van der Waals surface area (Å²) in [7, 11) is -9.94. The number of hydrogen-bond donors (Lipinski definition) is 3. The fourth-order valence-electron chi connectivity index (χ4n) is 10.3. The van der Waals surface area contributed by atoms with E-state index in [1.807, 2.05) is 0 Å². The highest BCUT2D eigenvalue weighted by molar-refractivity contribution is 7.47. The first-order valence-electron chi connectivity index (χ1n) is 38.2. The molecular formula is C77H138O17P2. The van der Waals surface area contributed by atoms with Crippen molar-refractivity contribution in [1.29, 1.82) is 0 Å². The Morgan fingerprint density at radius 1 is 0.302 bits per heavy atom. The molecule has 0 saturated carbocycles. The van der Waals surface area contributed by atoms with Crippen LogP contribution in [0.25, 0.3) is 0 Å². The molecule has 17 nitrogen and oxygen atoms in total. The van der Waals surface area contributed by atoms with Gasteiger partial charge in [0.25, 0.3) is 0 Å². The van der Waals surface area contributed by atoms with Crippen LogP contribution in [0.1, 0.15) is 336 Å². The number of carbonyl (C=O) groups is 4. The smallest absolute Gasteiger partial charge is 0.462 e. The molecule has 0 aliphatic carbocycles. The van der Waals surface area contributed by atoms with E-state index >= 15 is 0 Å². The molecule has 0 radical (unpaired) electrons. The number of ether oxygens (including phenoxy) is 4. The molecule has 0 bridgehead atoms. The van der Waals surface area contributed by atoms with Crippen molar-refractivity contribution >= 4 is 39.5 Å². The summed E-state index contributed by atoms with van der Waals surface area (Å²) >= 11 is 0. The van der Waals surface area contributed by atoms with Crippen LogP contribution in [0.2, 0.25) is 0 Å². The minimum Gasteiger partial charge on any atom is -0.462 e. The summed E-state index contributed by atoms with van der Waals surface area (Å²) in [6.45, 7) is 4.70. The molecule has 0 aromatic carbocycles. The predicted octanol–water partition coefficient (Wildman–Crippen LogP) is 21.7. The number of phosphoric acid groups is 2. The van der Waals surface area contributed by atoms with E-state index in [9.17, 15) is 43.2 Å². The minimum atomic E-state index is -4.97. The first-order valence-corrected chi connectivity index (χ1v) is 41.2. The normalized spacial score (nSPS) is 14.4. The Morgan fingerprint density at radius 3 is 0.885 bits per heavy atom. The Hall–Kier alpha value is -3.50. The Labute approximate surface area is 583 Å². The number of phosphoric ester groups is 2. The number of carbonyl (C=O) groups excluding carboxylic acids is 4. The predicted molar refractivity (Wildman–Crippen MR) is 390 cm³/mol. The zero-order valence-corrected chi connectivity index (χ0v) is 62.6. The van der Waals surface area contributed by atoms with Crippen LogP contribution < -0.4 is 0 Å². The van der Waals surface area contributed by atoms with Crippen molar-refractivity contribution in [2.24, 2.45) is 0 Å². The molecule has 0 aliphatic heterocycles. The second-order valence-electron chi connectivity index (χ2n) is 25.6. The molecule has 0 spiro atoms. The van der Waals surface area contributed by atoms with Gasteiger partial charge < -0.3 is 33.8 Å². The van der Waals surface area contributed by atoms with Gasteiger partial charge in [-0.15, -0.1) is 0 Å². The Balaban J connectivity index is 5.31. The molecule has 5 atom stereocenters. The van der Waals surface area contributed by atoms with Gasteiger partial charge in [-0.2, -0.15) is 0 Å². The molecule has 96 heavy (non-hydrogen) atoms. The number of allylic oxidation sites excluding steroid dienone is 12. The molecule has 0 aromatic heterocycles. The van der Waals surface area contributed by atoms with Gasteiger partial charge in [0.2, 0.25) is 0 Å². The summed E-state index contributed by atoms with van der Waals surface area (Å²) < 4.78 is 68.4. The maximum atomic E-state index is 13.1. The van der Waals surface area contributed by atoms with Crippen molar-refractivity contribution in [2.75, 3.05) is 39.6 Å². The quantitative estimate of drug-likeness (QED) is 0.0169. The maximum Gasteiger partial charge on any atom is 0.472 e. The van der Waals surface area contributed by atoms with Crippen molar-refractivity contribution in [1.82, 2.24) is 0 Å². The van der Waals surface area contributed by atoms with Crippen LogP contribution in [0.3, 0.4) is 0 Å². The summed E-state index contributed by atoms with van der Waals surface area (Å²) in [5, 5.41) is 10.6. The van der Waals surface area contributed by atoms with Crippen LogP contribution in [0, 0.1) is 0 Å². The summed E-state index contributed by atoms with van der Waals surface area (Å²) in [5.74, 6) is -2.20. The van der Waals surface area contributed by atoms with Crippen LogP contribution in [-0.4, -0.2) is 96.7 Å². The summed E-state index contributed by atoms with van der Waals surface area (Å²) in [6.07, 6.45) is 69.0. The Bertz CT molecular complexity index is 2110. The molecule has 0 amide bonds. The molecule has 19 heteroatoms. The van der Waals surface area contributed by atoms with E-state index in [1.54, 1.807) is 0 Å². The number of esters is 4. The number of aliphatic hydroxyl groups excluding tert-OH is 1. The lowest BCUT2D eigenvalue weighted by Gasteiger charge is -2.21. The number of hydrogen-bond acceptors (Lipinski definition) is 15. The SMILES string of the molecule is CC/C=C\C/C=C\C/C=C\C/C=C\CCCCCCC(=O)OCC(COP(=O)(O)OCC(O)COP(=O)(O)OCC(COC(=O)CCCCCCCCCCCCCCCCC)OC(=O)CCCCCCC/C=C\CCCC)OC(=O)CCCCCCC/C=C\CCCCCC. The molecule has 0 fully saturated rings. The second-order valence-corrected chi connectivity index (χ2v) is 28.5. The summed E-state index contributed by atoms with van der Waals surface area (Å²) in [4.78, 5) is 72.8. The van der Waals surface area contributed by atoms with Gasteiger partial charge in [0.1, 0.15) is 19.3 Å². The summed E-state index contributed by atoms with van der Waals surface area (Å²) in [5.41, 5.74) is 0. The van der Waals surface area contributed by atoms with E-state index in [-0.39, 0.29) is 25.7 Å². The molecular weight excluding hydrogens is 1260 g/mol. The van der Waals surface area contributed by atoms with E-state index in [1.165, 1.54) is 109 Å². The van der Waals surface area contributed by atoms with Gasteiger partial charge in [0.05, 0.1) is 26.4 Å². The molecule has 0 aliphatic rings. The maximum absolute atomic E-state index is 13.1. The van der Waals surface area contributed by atoms with Crippen molar-refractivity contribution in [2.45, 2.75) is 354 Å². The largest absolute Gasteiger partial charge is 0.472 e. The van der Waals surface area contributed by atoms with Crippen LogP contribution in [-0.2, 0) is 65.4 Å². The van der Waals surface area contributed by atoms with Crippen molar-refractivity contribution in [3.8, 4) is 0 Å². The van der Waals surface area contributed by atoms with Gasteiger partial charge in [0, 0.05) is 25.7 Å². The number of aliphatic hydroxyl groups is 1. The fourth-order valence-corrected chi connectivity index (χ4v) is 11.9. The van der Waals surface area contributed by atoms with E-state index in [4.69, 9.17) is 37.0 Å². The average molecular weight is 1400 g/mol. The zero-order valence-electron chi connectivity index (χ0n) is 60.8. The number of unbranched alkanes of at least 4 members (excludes halogenated alkanes) is 34. The van der Waals surface area contributed by atoms with Gasteiger partial charge >= 0.3 is 39.5 Å². The molecule has 0 rings (SSSR count). The third-order valence-electron chi connectivity index (χ3n) is 16.2. The van der Waals surface area contributed by atoms with Crippen LogP contribution in [0.4, 0.5) is 0 Å². The summed E-state index contributed by atoms with van der Waals surface area (Å²) in [6, 6.07) is 0. The first kappa shape index (κ1) is 92.5. The van der Waals surface area contributed by atoms with Gasteiger partial charge in [-0.1, -0.05) is 274 Å². The average Bonchev–Trinajstić information content (AvgIpc) is 1.17. The lowest BCUT2D eigenvalue weighted by Crippen LogP contribution is -2.30. The van der Waals surface area contributed by atoms with Crippen molar-refractivity contribution < 1.29 is 80.2 Å². The van der Waals surface area contributed by atoms with Gasteiger partial charge in [-0.25, -0.2) is 9.13 Å². The standard InChI is InChI=1S/C77H138O17P2/c1-5-9-13-17-21-25-29-32-34-35-37-40-43-46-50-54-58-62-75(80)88-68-73(94-77(82)64-60-56-52-48-44-38-31-27-23-19-15-11-7-3)70-92-96(85,86)90-66-71(78)65-89-95(83,84)91-69-72(93-76(81)63-59-55-51-47-41-28-24-20-16-12-8-4)67-87-74(79)61-57-53-49-45-42-39-36-33-30-26-22-18-14-10-6-2/h9,13,20-21,24-25,27,31-32,34,37,40,71-73,78H,5-8,10-12,14-19,22-23,26,28-30,33,35-36,38-39,41-70H2,1-4H3,(H,83,84)(H,85,86)/b13-9-,24-20-,25-21-,31-27-,34-32-,40-37-. The van der Waals surface area contributed by atoms with Crippen LogP contribution >= 0.6 is 15.6 Å². The van der Waals surface area contributed by atoms with Crippen LogP contribution in [0.5, 0.6) is 0 Å². The van der Waals surface area contributed by atoms with Crippen molar-refractivity contribution in [3.05, 3.63) is 72.9 Å².